The Balaban J connectivity index is 2.70. The number of carbonyl (C=O) groups excluding carboxylic acids is 1. The van der Waals surface area contributed by atoms with E-state index in [4.69, 9.17) is 0 Å². The molecule has 3 nitrogen and oxygen atoms in total. The predicted molar refractivity (Wildman–Crippen MR) is 73.0 cm³/mol. The van der Waals surface area contributed by atoms with Crippen LogP contribution in [0.4, 0.5) is 0 Å². The Bertz CT molecular complexity index is 624. The molecular weight excluding hydrogens is 224 g/mol. The Morgan fingerprint density at radius 1 is 1.11 bits per heavy atom. The molecule has 2 rings (SSSR count). The van der Waals surface area contributed by atoms with Crippen LogP contribution < -0.4 is 0 Å². The second-order valence-corrected chi connectivity index (χ2v) is 4.82. The highest BCUT2D eigenvalue weighted by Crippen LogP contribution is 2.28. The molecule has 0 atom stereocenters. The van der Waals surface area contributed by atoms with Gasteiger partial charge in [-0.1, -0.05) is 6.07 Å². The summed E-state index contributed by atoms with van der Waals surface area (Å²) in [6.45, 7) is 8.13. The number of rotatable bonds is 2. The Morgan fingerprint density at radius 3 is 2.28 bits per heavy atom. The lowest BCUT2D eigenvalue weighted by Crippen LogP contribution is -1.94. The summed E-state index contributed by atoms with van der Waals surface area (Å²) in [5.74, 6) is 0. The van der Waals surface area contributed by atoms with Gasteiger partial charge < -0.3 is 0 Å². The van der Waals surface area contributed by atoms with E-state index in [0.29, 0.717) is 0 Å². The van der Waals surface area contributed by atoms with E-state index in [1.165, 1.54) is 5.56 Å². The van der Waals surface area contributed by atoms with Crippen molar-refractivity contribution in [2.45, 2.75) is 27.7 Å². The van der Waals surface area contributed by atoms with Gasteiger partial charge in [0.05, 0.1) is 5.69 Å². The van der Waals surface area contributed by atoms with Crippen molar-refractivity contribution in [2.24, 2.45) is 7.05 Å². The quantitative estimate of drug-likeness (QED) is 0.758. The molecule has 1 aromatic heterocycles. The van der Waals surface area contributed by atoms with Crippen LogP contribution >= 0.6 is 0 Å². The smallest absolute Gasteiger partial charge is 0.150 e. The molecule has 2 aromatic rings. The molecule has 0 unspecified atom stereocenters. The largest absolute Gasteiger partial charge is 0.298 e. The van der Waals surface area contributed by atoms with Crippen molar-refractivity contribution >= 4 is 6.29 Å². The summed E-state index contributed by atoms with van der Waals surface area (Å²) in [7, 11) is 1.94. The lowest BCUT2D eigenvalue weighted by atomic mass is 9.96. The van der Waals surface area contributed by atoms with E-state index in [2.05, 4.69) is 25.9 Å². The number of hydrogen-bond acceptors (Lipinski definition) is 2. The van der Waals surface area contributed by atoms with Gasteiger partial charge in [0.1, 0.15) is 6.29 Å². The van der Waals surface area contributed by atoms with E-state index < -0.39 is 0 Å². The zero-order valence-electron chi connectivity index (χ0n) is 11.5. The standard InChI is InChI=1S/C15H18N2O/c1-9-6-10(2)14(7-13(9)8-18)15-11(3)12(4)17(5)16-15/h6-8H,1-5H3. The Morgan fingerprint density at radius 2 is 1.78 bits per heavy atom. The van der Waals surface area contributed by atoms with Crippen LogP contribution in [-0.4, -0.2) is 16.1 Å². The minimum Gasteiger partial charge on any atom is -0.298 e. The van der Waals surface area contributed by atoms with Crippen molar-refractivity contribution in [3.05, 3.63) is 40.1 Å². The number of nitrogens with zero attached hydrogens (tertiary/aromatic N) is 2. The van der Waals surface area contributed by atoms with Crippen molar-refractivity contribution in [3.8, 4) is 11.3 Å². The maximum absolute atomic E-state index is 11.1. The number of aldehydes is 1. The number of aromatic nitrogens is 2. The Hall–Kier alpha value is -1.90. The van der Waals surface area contributed by atoms with Crippen molar-refractivity contribution in [2.75, 3.05) is 0 Å². The van der Waals surface area contributed by atoms with E-state index in [-0.39, 0.29) is 0 Å². The first-order chi connectivity index (χ1) is 8.45. The van der Waals surface area contributed by atoms with Crippen LogP contribution in [0.5, 0.6) is 0 Å². The third-order valence-corrected chi connectivity index (χ3v) is 3.63. The average molecular weight is 242 g/mol. The van der Waals surface area contributed by atoms with Crippen LogP contribution in [0.25, 0.3) is 11.3 Å². The van der Waals surface area contributed by atoms with Gasteiger partial charge in [0.25, 0.3) is 0 Å². The molecule has 0 radical (unpaired) electrons. The van der Waals surface area contributed by atoms with Gasteiger partial charge in [0, 0.05) is 23.9 Å². The SMILES string of the molecule is Cc1cc(C)c(-c2nn(C)c(C)c2C)cc1C=O. The average Bonchev–Trinajstić information content (AvgIpc) is 2.57. The maximum atomic E-state index is 11.1. The van der Waals surface area contributed by atoms with E-state index in [9.17, 15) is 4.79 Å². The second kappa shape index (κ2) is 4.41. The van der Waals surface area contributed by atoms with Gasteiger partial charge in [0.15, 0.2) is 0 Å². The highest BCUT2D eigenvalue weighted by Gasteiger charge is 2.14. The molecule has 3 heteroatoms. The molecule has 1 heterocycles. The van der Waals surface area contributed by atoms with Gasteiger partial charge >= 0.3 is 0 Å². The minimum absolute atomic E-state index is 0.735. The van der Waals surface area contributed by atoms with E-state index in [0.717, 1.165) is 39.9 Å². The molecule has 0 aliphatic carbocycles. The first-order valence-corrected chi connectivity index (χ1v) is 6.02. The topological polar surface area (TPSA) is 34.9 Å². The molecule has 18 heavy (non-hydrogen) atoms. The Kier molecular flexibility index (Phi) is 3.07. The van der Waals surface area contributed by atoms with Crippen molar-refractivity contribution in [3.63, 3.8) is 0 Å². The minimum atomic E-state index is 0.735. The van der Waals surface area contributed by atoms with Gasteiger partial charge in [0.2, 0.25) is 0 Å². The zero-order chi connectivity index (χ0) is 13.4. The normalized spacial score (nSPS) is 10.7. The summed E-state index contributed by atoms with van der Waals surface area (Å²) < 4.78 is 1.88. The van der Waals surface area contributed by atoms with Gasteiger partial charge in [-0.2, -0.15) is 5.10 Å². The monoisotopic (exact) mass is 242 g/mol. The molecule has 0 aliphatic rings. The number of aryl methyl sites for hydroxylation is 3. The van der Waals surface area contributed by atoms with Gasteiger partial charge in [-0.15, -0.1) is 0 Å². The molecule has 0 amide bonds. The molecule has 94 valence electrons. The molecule has 0 fully saturated rings. The first kappa shape index (κ1) is 12.6. The number of hydrogen-bond donors (Lipinski definition) is 0. The fraction of sp³-hybridized carbons (Fsp3) is 0.333. The fourth-order valence-electron chi connectivity index (χ4n) is 2.22. The number of carbonyl (C=O) groups is 1. The first-order valence-electron chi connectivity index (χ1n) is 6.02. The molecule has 0 saturated carbocycles. The summed E-state index contributed by atoms with van der Waals surface area (Å²) in [6, 6.07) is 3.98. The highest BCUT2D eigenvalue weighted by molar-refractivity contribution is 5.82. The van der Waals surface area contributed by atoms with Gasteiger partial charge in [-0.3, -0.25) is 9.48 Å². The summed E-state index contributed by atoms with van der Waals surface area (Å²) in [4.78, 5) is 11.1. The summed E-state index contributed by atoms with van der Waals surface area (Å²) in [6.07, 6.45) is 0.906. The van der Waals surface area contributed by atoms with E-state index in [1.807, 2.05) is 30.8 Å². The van der Waals surface area contributed by atoms with Crippen LogP contribution in [0.3, 0.4) is 0 Å². The lowest BCUT2D eigenvalue weighted by Gasteiger charge is -2.08. The zero-order valence-corrected chi connectivity index (χ0v) is 11.5. The van der Waals surface area contributed by atoms with Crippen LogP contribution in [0, 0.1) is 27.7 Å². The molecule has 0 N–H and O–H groups in total. The summed E-state index contributed by atoms with van der Waals surface area (Å²) >= 11 is 0. The third kappa shape index (κ3) is 1.86. The van der Waals surface area contributed by atoms with Crippen LogP contribution in [0.2, 0.25) is 0 Å². The van der Waals surface area contributed by atoms with Crippen molar-refractivity contribution < 1.29 is 4.79 Å². The highest BCUT2D eigenvalue weighted by atomic mass is 16.1. The molecule has 0 bridgehead atoms. The van der Waals surface area contributed by atoms with Crippen molar-refractivity contribution in [1.82, 2.24) is 9.78 Å². The van der Waals surface area contributed by atoms with E-state index >= 15 is 0 Å². The van der Waals surface area contributed by atoms with Gasteiger partial charge in [-0.05, 0) is 50.5 Å². The van der Waals surface area contributed by atoms with Gasteiger partial charge in [-0.25, -0.2) is 0 Å². The summed E-state index contributed by atoms with van der Waals surface area (Å²) in [5.41, 5.74) is 7.23. The molecular formula is C15H18N2O. The van der Waals surface area contributed by atoms with Crippen LogP contribution in [-0.2, 0) is 7.05 Å². The maximum Gasteiger partial charge on any atom is 0.150 e. The summed E-state index contributed by atoms with van der Waals surface area (Å²) in [5, 5.41) is 4.55. The molecule has 1 aromatic carbocycles. The van der Waals surface area contributed by atoms with E-state index in [1.54, 1.807) is 0 Å². The van der Waals surface area contributed by atoms with Crippen LogP contribution in [0.15, 0.2) is 12.1 Å². The molecule has 0 aliphatic heterocycles. The molecule has 0 saturated heterocycles. The molecule has 0 spiro atoms. The second-order valence-electron chi connectivity index (χ2n) is 4.82. The lowest BCUT2D eigenvalue weighted by molar-refractivity contribution is 0.112. The third-order valence-electron chi connectivity index (χ3n) is 3.63. The predicted octanol–water partition coefficient (Wildman–Crippen LogP) is 3.13. The van der Waals surface area contributed by atoms with Crippen LogP contribution in [0.1, 0.15) is 32.7 Å². The Labute approximate surface area is 107 Å². The van der Waals surface area contributed by atoms with Crippen molar-refractivity contribution in [1.29, 1.82) is 0 Å². The fourth-order valence-corrected chi connectivity index (χ4v) is 2.22. The number of benzene rings is 1.